The van der Waals surface area contributed by atoms with Crippen molar-refractivity contribution in [3.05, 3.63) is 11.1 Å². The molecule has 1 aromatic heterocycles. The lowest BCUT2D eigenvalue weighted by molar-refractivity contribution is 0.596. The van der Waals surface area contributed by atoms with Crippen LogP contribution in [0.15, 0.2) is 5.38 Å². The molecule has 0 aromatic carbocycles. The van der Waals surface area contributed by atoms with Crippen molar-refractivity contribution in [1.82, 2.24) is 4.98 Å². The number of hydrogen-bond acceptors (Lipinski definition) is 5. The molecule has 0 aliphatic heterocycles. The fraction of sp³-hybridized carbons (Fsp3) is 0.500. The molecule has 1 heterocycles. The largest absolute Gasteiger partial charge is 0.375 e. The minimum Gasteiger partial charge on any atom is -0.375 e. The first-order valence-electron chi connectivity index (χ1n) is 3.44. The summed E-state index contributed by atoms with van der Waals surface area (Å²) >= 11 is 1.26. The summed E-state index contributed by atoms with van der Waals surface area (Å²) in [6.07, 6.45) is 0. The molecule has 0 spiro atoms. The Morgan fingerprint density at radius 1 is 1.67 bits per heavy atom. The predicted octanol–water partition coefficient (Wildman–Crippen LogP) is 0.660. The molecule has 0 saturated carbocycles. The monoisotopic (exact) mass is 206 g/mol. The van der Waals surface area contributed by atoms with Crippen LogP contribution in [0.3, 0.4) is 0 Å². The summed E-state index contributed by atoms with van der Waals surface area (Å²) in [4.78, 5) is 3.86. The molecule has 0 amide bonds. The van der Waals surface area contributed by atoms with Crippen molar-refractivity contribution in [3.63, 3.8) is 0 Å². The van der Waals surface area contributed by atoms with Gasteiger partial charge in [0.05, 0.1) is 11.4 Å². The summed E-state index contributed by atoms with van der Waals surface area (Å²) in [5.41, 5.74) is 5.89. The minimum atomic E-state index is -2.97. The van der Waals surface area contributed by atoms with Gasteiger partial charge in [-0.2, -0.15) is 0 Å². The molecule has 6 heteroatoms. The summed E-state index contributed by atoms with van der Waals surface area (Å²) in [7, 11) is -2.97. The molecule has 0 atom stereocenters. The van der Waals surface area contributed by atoms with Crippen molar-refractivity contribution < 1.29 is 8.42 Å². The summed E-state index contributed by atoms with van der Waals surface area (Å²) in [6, 6.07) is 0. The van der Waals surface area contributed by atoms with Crippen LogP contribution >= 0.6 is 11.3 Å². The molecular formula is C6H10N2O2S2. The molecule has 12 heavy (non-hydrogen) atoms. The number of thiazole rings is 1. The van der Waals surface area contributed by atoms with Crippen LogP contribution in [-0.4, -0.2) is 19.2 Å². The van der Waals surface area contributed by atoms with Gasteiger partial charge < -0.3 is 5.73 Å². The molecule has 0 unspecified atom stereocenters. The highest BCUT2D eigenvalue weighted by Crippen LogP contribution is 2.13. The average Bonchev–Trinajstić information content (AvgIpc) is 2.35. The third kappa shape index (κ3) is 2.46. The smallest absolute Gasteiger partial charge is 0.180 e. The number of hydrogen-bond donors (Lipinski definition) is 1. The maximum Gasteiger partial charge on any atom is 0.180 e. The lowest BCUT2D eigenvalue weighted by atomic mass is 10.6. The van der Waals surface area contributed by atoms with Gasteiger partial charge in [0, 0.05) is 11.1 Å². The lowest BCUT2D eigenvalue weighted by Gasteiger charge is -1.95. The number of anilines is 1. The van der Waals surface area contributed by atoms with Gasteiger partial charge in [-0.05, 0) is 0 Å². The van der Waals surface area contributed by atoms with Gasteiger partial charge in [0.1, 0.15) is 0 Å². The fourth-order valence-electron chi connectivity index (χ4n) is 0.716. The van der Waals surface area contributed by atoms with E-state index >= 15 is 0 Å². The number of nitrogen functional groups attached to an aromatic ring is 1. The number of nitrogens with zero attached hydrogens (tertiary/aromatic N) is 1. The molecule has 0 saturated heterocycles. The summed E-state index contributed by atoms with van der Waals surface area (Å²) < 4.78 is 22.2. The molecule has 68 valence electrons. The maximum absolute atomic E-state index is 11.1. The molecule has 0 bridgehead atoms. The lowest BCUT2D eigenvalue weighted by Crippen LogP contribution is -2.06. The number of nitrogens with two attached hydrogens (primary N) is 1. The second-order valence-corrected chi connectivity index (χ2v) is 5.60. The Labute approximate surface area is 75.4 Å². The first-order valence-corrected chi connectivity index (χ1v) is 6.14. The van der Waals surface area contributed by atoms with Crippen LogP contribution in [0.1, 0.15) is 12.6 Å². The number of sulfone groups is 1. The zero-order valence-corrected chi connectivity index (χ0v) is 8.28. The van der Waals surface area contributed by atoms with Crippen LogP contribution in [-0.2, 0) is 15.6 Å². The molecule has 2 N–H and O–H groups in total. The first-order chi connectivity index (χ1) is 5.53. The first kappa shape index (κ1) is 9.47. The Morgan fingerprint density at radius 2 is 2.33 bits per heavy atom. The third-order valence-corrected chi connectivity index (χ3v) is 3.72. The summed E-state index contributed by atoms with van der Waals surface area (Å²) in [6.45, 7) is 1.62. The highest BCUT2D eigenvalue weighted by atomic mass is 32.2. The quantitative estimate of drug-likeness (QED) is 0.788. The highest BCUT2D eigenvalue weighted by Gasteiger charge is 2.10. The Morgan fingerprint density at radius 3 is 2.75 bits per heavy atom. The van der Waals surface area contributed by atoms with Crippen LogP contribution in [0.4, 0.5) is 5.13 Å². The van der Waals surface area contributed by atoms with Gasteiger partial charge in [-0.1, -0.05) is 6.92 Å². The third-order valence-electron chi connectivity index (χ3n) is 1.38. The second kappa shape index (κ2) is 3.40. The molecule has 0 aliphatic carbocycles. The minimum absolute atomic E-state index is 0.00278. The van der Waals surface area contributed by atoms with Crippen LogP contribution < -0.4 is 5.73 Å². The van der Waals surface area contributed by atoms with Crippen molar-refractivity contribution in [2.24, 2.45) is 0 Å². The van der Waals surface area contributed by atoms with E-state index in [-0.39, 0.29) is 11.5 Å². The highest BCUT2D eigenvalue weighted by molar-refractivity contribution is 7.90. The van der Waals surface area contributed by atoms with Crippen molar-refractivity contribution in [1.29, 1.82) is 0 Å². The molecule has 4 nitrogen and oxygen atoms in total. The van der Waals surface area contributed by atoms with Gasteiger partial charge in [-0.15, -0.1) is 11.3 Å². The normalized spacial score (nSPS) is 11.8. The molecule has 0 radical (unpaired) electrons. The van der Waals surface area contributed by atoms with E-state index < -0.39 is 9.84 Å². The van der Waals surface area contributed by atoms with E-state index in [9.17, 15) is 8.42 Å². The Hall–Kier alpha value is -0.620. The van der Waals surface area contributed by atoms with E-state index in [2.05, 4.69) is 4.98 Å². The van der Waals surface area contributed by atoms with Crippen LogP contribution in [0.5, 0.6) is 0 Å². The Bertz CT molecular complexity index is 355. The summed E-state index contributed by atoms with van der Waals surface area (Å²) in [5.74, 6) is 0.141. The Balaban J connectivity index is 2.77. The van der Waals surface area contributed by atoms with Crippen LogP contribution in [0, 0.1) is 0 Å². The molecule has 1 rings (SSSR count). The van der Waals surface area contributed by atoms with Gasteiger partial charge >= 0.3 is 0 Å². The van der Waals surface area contributed by atoms with E-state index in [1.165, 1.54) is 11.3 Å². The number of aromatic nitrogens is 1. The van der Waals surface area contributed by atoms with Gasteiger partial charge in [-0.3, -0.25) is 0 Å². The zero-order chi connectivity index (χ0) is 9.19. The van der Waals surface area contributed by atoms with E-state index in [1.54, 1.807) is 12.3 Å². The van der Waals surface area contributed by atoms with Crippen molar-refractivity contribution in [2.75, 3.05) is 11.5 Å². The average molecular weight is 206 g/mol. The standard InChI is InChI=1S/C6H10N2O2S2/c1-2-12(9,10)4-5-3-11-6(7)8-5/h3H,2,4H2,1H3,(H2,7,8). The molecule has 0 fully saturated rings. The van der Waals surface area contributed by atoms with Crippen LogP contribution in [0.25, 0.3) is 0 Å². The predicted molar refractivity (Wildman–Crippen MR) is 49.7 cm³/mol. The van der Waals surface area contributed by atoms with Crippen molar-refractivity contribution in [3.8, 4) is 0 Å². The van der Waals surface area contributed by atoms with Gasteiger partial charge in [-0.25, -0.2) is 13.4 Å². The SMILES string of the molecule is CCS(=O)(=O)Cc1csc(N)n1. The van der Waals surface area contributed by atoms with Gasteiger partial charge in [0.2, 0.25) is 0 Å². The van der Waals surface area contributed by atoms with Gasteiger partial charge in [0.25, 0.3) is 0 Å². The molecular weight excluding hydrogens is 196 g/mol. The van der Waals surface area contributed by atoms with Crippen molar-refractivity contribution in [2.45, 2.75) is 12.7 Å². The molecule has 0 aliphatic rings. The number of rotatable bonds is 3. The zero-order valence-electron chi connectivity index (χ0n) is 6.65. The summed E-state index contributed by atoms with van der Waals surface area (Å²) in [5, 5.41) is 2.08. The van der Waals surface area contributed by atoms with E-state index in [0.29, 0.717) is 10.8 Å². The van der Waals surface area contributed by atoms with Crippen molar-refractivity contribution >= 4 is 26.3 Å². The van der Waals surface area contributed by atoms with Gasteiger partial charge in [0.15, 0.2) is 15.0 Å². The maximum atomic E-state index is 11.1. The van der Waals surface area contributed by atoms with E-state index in [4.69, 9.17) is 5.73 Å². The van der Waals surface area contributed by atoms with E-state index in [0.717, 1.165) is 0 Å². The topological polar surface area (TPSA) is 73.0 Å². The molecule has 1 aromatic rings. The fourth-order valence-corrected chi connectivity index (χ4v) is 2.19. The second-order valence-electron chi connectivity index (χ2n) is 2.35. The van der Waals surface area contributed by atoms with Crippen LogP contribution in [0.2, 0.25) is 0 Å². The Kier molecular flexibility index (Phi) is 2.69. The van der Waals surface area contributed by atoms with E-state index in [1.807, 2.05) is 0 Å².